The van der Waals surface area contributed by atoms with Gasteiger partial charge in [-0.1, -0.05) is 18.2 Å². The lowest BCUT2D eigenvalue weighted by molar-refractivity contribution is 0.197. The van der Waals surface area contributed by atoms with Crippen LogP contribution in [0.1, 0.15) is 23.2 Å². The first kappa shape index (κ1) is 21.1. The number of furan rings is 1. The third-order valence-corrected chi connectivity index (χ3v) is 5.99. The standard InChI is InChI=1S/C24H25FN6O2/c1-32-22-7-3-2-6-21(22)23(24-26-27-28-31(24)17-20-5-4-16-33-20)30-14-12-29(13-15-30)19-10-8-18(25)9-11-19/h2-11,16,23H,12-15,17H2,1H3/t23-/m1/s1. The largest absolute Gasteiger partial charge is 0.496 e. The summed E-state index contributed by atoms with van der Waals surface area (Å²) < 4.78 is 26.3. The van der Waals surface area contributed by atoms with E-state index < -0.39 is 0 Å². The molecule has 0 saturated carbocycles. The molecule has 0 bridgehead atoms. The Morgan fingerprint density at radius 1 is 1.00 bits per heavy atom. The van der Waals surface area contributed by atoms with Crippen molar-refractivity contribution < 1.29 is 13.5 Å². The average Bonchev–Trinajstić information content (AvgIpc) is 3.54. The lowest BCUT2D eigenvalue weighted by atomic mass is 10.0. The lowest BCUT2D eigenvalue weighted by Crippen LogP contribution is -2.48. The van der Waals surface area contributed by atoms with Crippen LogP contribution in [0.4, 0.5) is 10.1 Å². The minimum absolute atomic E-state index is 0.193. The molecule has 5 rings (SSSR count). The van der Waals surface area contributed by atoms with Crippen LogP contribution in [-0.4, -0.2) is 58.4 Å². The summed E-state index contributed by atoms with van der Waals surface area (Å²) >= 11 is 0. The monoisotopic (exact) mass is 448 g/mol. The molecule has 1 fully saturated rings. The predicted octanol–water partition coefficient (Wildman–Crippen LogP) is 3.37. The molecular formula is C24H25FN6O2. The Hall–Kier alpha value is -3.72. The number of nitrogens with zero attached hydrogens (tertiary/aromatic N) is 6. The van der Waals surface area contributed by atoms with Crippen LogP contribution < -0.4 is 9.64 Å². The normalized spacial score (nSPS) is 15.5. The van der Waals surface area contributed by atoms with Crippen molar-refractivity contribution in [1.29, 1.82) is 0 Å². The molecule has 1 aliphatic heterocycles. The predicted molar refractivity (Wildman–Crippen MR) is 121 cm³/mol. The molecule has 1 atom stereocenters. The van der Waals surface area contributed by atoms with Crippen LogP contribution in [0.5, 0.6) is 5.75 Å². The highest BCUT2D eigenvalue weighted by Gasteiger charge is 2.32. The molecule has 9 heteroatoms. The summed E-state index contributed by atoms with van der Waals surface area (Å²) in [6, 6.07) is 18.2. The maximum Gasteiger partial charge on any atom is 0.173 e. The van der Waals surface area contributed by atoms with Gasteiger partial charge in [0.1, 0.15) is 29.9 Å². The van der Waals surface area contributed by atoms with Gasteiger partial charge in [-0.25, -0.2) is 9.07 Å². The van der Waals surface area contributed by atoms with E-state index in [2.05, 4.69) is 31.4 Å². The van der Waals surface area contributed by atoms with Gasteiger partial charge in [-0.2, -0.15) is 0 Å². The summed E-state index contributed by atoms with van der Waals surface area (Å²) in [6.07, 6.45) is 1.64. The van der Waals surface area contributed by atoms with E-state index >= 15 is 0 Å². The molecule has 2 aromatic carbocycles. The first-order chi connectivity index (χ1) is 16.2. The molecule has 8 nitrogen and oxygen atoms in total. The van der Waals surface area contributed by atoms with Gasteiger partial charge in [-0.15, -0.1) is 5.10 Å². The third kappa shape index (κ3) is 4.45. The number of benzene rings is 2. The van der Waals surface area contributed by atoms with Gasteiger partial charge >= 0.3 is 0 Å². The first-order valence-corrected chi connectivity index (χ1v) is 10.9. The van der Waals surface area contributed by atoms with Gasteiger partial charge in [0.25, 0.3) is 0 Å². The Balaban J connectivity index is 1.45. The number of para-hydroxylation sites is 1. The zero-order valence-corrected chi connectivity index (χ0v) is 18.3. The van der Waals surface area contributed by atoms with E-state index in [1.165, 1.54) is 12.1 Å². The van der Waals surface area contributed by atoms with Crippen molar-refractivity contribution in [3.8, 4) is 5.75 Å². The molecule has 1 saturated heterocycles. The molecule has 0 spiro atoms. The number of methoxy groups -OCH3 is 1. The topological polar surface area (TPSA) is 72.4 Å². The molecule has 0 unspecified atom stereocenters. The molecule has 33 heavy (non-hydrogen) atoms. The van der Waals surface area contributed by atoms with E-state index in [9.17, 15) is 4.39 Å². The molecule has 0 radical (unpaired) electrons. The fourth-order valence-corrected chi connectivity index (χ4v) is 4.35. The van der Waals surface area contributed by atoms with Crippen LogP contribution in [0.3, 0.4) is 0 Å². The Bertz CT molecular complexity index is 1170. The highest BCUT2D eigenvalue weighted by Crippen LogP contribution is 2.34. The molecule has 4 aromatic rings. The number of rotatable bonds is 7. The van der Waals surface area contributed by atoms with E-state index in [1.54, 1.807) is 18.1 Å². The second-order valence-electron chi connectivity index (χ2n) is 7.92. The maximum atomic E-state index is 13.3. The number of anilines is 1. The Labute approximate surface area is 191 Å². The Morgan fingerprint density at radius 2 is 1.79 bits per heavy atom. The van der Waals surface area contributed by atoms with Crippen LogP contribution >= 0.6 is 0 Å². The molecular weight excluding hydrogens is 423 g/mol. The average molecular weight is 449 g/mol. The zero-order valence-electron chi connectivity index (χ0n) is 18.3. The Morgan fingerprint density at radius 3 is 2.52 bits per heavy atom. The van der Waals surface area contributed by atoms with Crippen molar-refractivity contribution in [2.24, 2.45) is 0 Å². The van der Waals surface area contributed by atoms with Gasteiger partial charge < -0.3 is 14.1 Å². The smallest absolute Gasteiger partial charge is 0.173 e. The number of hydrogen-bond acceptors (Lipinski definition) is 7. The highest BCUT2D eigenvalue weighted by molar-refractivity contribution is 5.47. The van der Waals surface area contributed by atoms with Crippen molar-refractivity contribution in [3.05, 3.63) is 89.9 Å². The van der Waals surface area contributed by atoms with E-state index in [0.717, 1.165) is 54.8 Å². The van der Waals surface area contributed by atoms with Gasteiger partial charge in [0, 0.05) is 37.4 Å². The summed E-state index contributed by atoms with van der Waals surface area (Å²) in [6.45, 7) is 3.62. The molecule has 0 N–H and O–H groups in total. The Kier molecular flexibility index (Phi) is 6.03. The minimum Gasteiger partial charge on any atom is -0.496 e. The zero-order chi connectivity index (χ0) is 22.6. The molecule has 170 valence electrons. The summed E-state index contributed by atoms with van der Waals surface area (Å²) in [5.74, 6) is 2.07. The van der Waals surface area contributed by atoms with Crippen LogP contribution in [0.25, 0.3) is 0 Å². The number of hydrogen-bond donors (Lipinski definition) is 0. The number of ether oxygens (including phenoxy) is 1. The van der Waals surface area contributed by atoms with Crippen LogP contribution in [0, 0.1) is 5.82 Å². The molecule has 3 heterocycles. The van der Waals surface area contributed by atoms with Gasteiger partial charge in [0.15, 0.2) is 5.82 Å². The van der Waals surface area contributed by atoms with Gasteiger partial charge in [0.05, 0.1) is 13.4 Å². The summed E-state index contributed by atoms with van der Waals surface area (Å²) in [4.78, 5) is 4.63. The SMILES string of the molecule is COc1ccccc1[C@H](c1nnnn1Cc1ccco1)N1CCN(c2ccc(F)cc2)CC1. The van der Waals surface area contributed by atoms with Crippen LogP contribution in [0.2, 0.25) is 0 Å². The van der Waals surface area contributed by atoms with Crippen LogP contribution in [-0.2, 0) is 6.54 Å². The van der Waals surface area contributed by atoms with E-state index in [0.29, 0.717) is 6.54 Å². The van der Waals surface area contributed by atoms with Crippen molar-refractivity contribution >= 4 is 5.69 Å². The number of tetrazole rings is 1. The van der Waals surface area contributed by atoms with E-state index in [4.69, 9.17) is 9.15 Å². The van der Waals surface area contributed by atoms with Crippen LogP contribution in [0.15, 0.2) is 71.3 Å². The van der Waals surface area contributed by atoms with Crippen molar-refractivity contribution in [1.82, 2.24) is 25.1 Å². The number of halogens is 1. The highest BCUT2D eigenvalue weighted by atomic mass is 19.1. The van der Waals surface area contributed by atoms with E-state index in [-0.39, 0.29) is 11.9 Å². The van der Waals surface area contributed by atoms with Gasteiger partial charge in [0.2, 0.25) is 0 Å². The number of piperazine rings is 1. The maximum absolute atomic E-state index is 13.3. The quantitative estimate of drug-likeness (QED) is 0.429. The van der Waals surface area contributed by atoms with Crippen molar-refractivity contribution in [3.63, 3.8) is 0 Å². The van der Waals surface area contributed by atoms with Crippen molar-refractivity contribution in [2.75, 3.05) is 38.2 Å². The molecule has 0 aliphatic carbocycles. The third-order valence-electron chi connectivity index (χ3n) is 5.99. The fourth-order valence-electron chi connectivity index (χ4n) is 4.35. The summed E-state index contributed by atoms with van der Waals surface area (Å²) in [5, 5.41) is 12.6. The van der Waals surface area contributed by atoms with Gasteiger partial charge in [-0.05, 0) is 52.9 Å². The molecule has 1 aliphatic rings. The summed E-state index contributed by atoms with van der Waals surface area (Å²) in [7, 11) is 1.67. The lowest BCUT2D eigenvalue weighted by Gasteiger charge is -2.40. The first-order valence-electron chi connectivity index (χ1n) is 10.9. The second kappa shape index (κ2) is 9.41. The van der Waals surface area contributed by atoms with E-state index in [1.807, 2.05) is 42.5 Å². The molecule has 0 amide bonds. The van der Waals surface area contributed by atoms with Gasteiger partial charge in [-0.3, -0.25) is 4.90 Å². The number of aromatic nitrogens is 4. The second-order valence-corrected chi connectivity index (χ2v) is 7.92. The summed E-state index contributed by atoms with van der Waals surface area (Å²) in [5.41, 5.74) is 2.03. The molecule has 2 aromatic heterocycles. The van der Waals surface area contributed by atoms with Crippen molar-refractivity contribution in [2.45, 2.75) is 12.6 Å². The minimum atomic E-state index is -0.225. The fraction of sp³-hybridized carbons (Fsp3) is 0.292.